The second-order valence-corrected chi connectivity index (χ2v) is 3.66. The Morgan fingerprint density at radius 3 is 3.00 bits per heavy atom. The van der Waals surface area contributed by atoms with Gasteiger partial charge in [-0.25, -0.2) is 0 Å². The maximum atomic E-state index is 3.91. The molecule has 4 nitrogen and oxygen atoms in total. The zero-order valence-electron chi connectivity index (χ0n) is 8.66. The van der Waals surface area contributed by atoms with Crippen molar-refractivity contribution in [1.82, 2.24) is 15.5 Å². The molecule has 1 aromatic carbocycles. The highest BCUT2D eigenvalue weighted by molar-refractivity contribution is 5.85. The van der Waals surface area contributed by atoms with Gasteiger partial charge in [-0.05, 0) is 17.2 Å². The summed E-state index contributed by atoms with van der Waals surface area (Å²) in [5.41, 5.74) is 4.90. The number of fused-ring (bicyclic) bond motifs is 1. The van der Waals surface area contributed by atoms with Crippen molar-refractivity contribution in [2.75, 3.05) is 5.32 Å². The molecule has 0 unspecified atom stereocenters. The van der Waals surface area contributed by atoms with Gasteiger partial charge in [0.15, 0.2) is 0 Å². The Morgan fingerprint density at radius 2 is 2.19 bits per heavy atom. The third-order valence-electron chi connectivity index (χ3n) is 2.67. The third-order valence-corrected chi connectivity index (χ3v) is 2.67. The Morgan fingerprint density at radius 1 is 1.25 bits per heavy atom. The highest BCUT2D eigenvalue weighted by Gasteiger charge is 2.13. The first-order valence-corrected chi connectivity index (χ1v) is 5.01. The summed E-state index contributed by atoms with van der Waals surface area (Å²) in [5, 5.41) is 13.4. The van der Waals surface area contributed by atoms with Crippen LogP contribution in [-0.4, -0.2) is 10.2 Å². The number of rotatable bonds is 2. The smallest absolute Gasteiger partial charge is 0.0767 e. The van der Waals surface area contributed by atoms with Crippen LogP contribution in [0, 0.1) is 0 Å². The lowest BCUT2D eigenvalue weighted by Gasteiger charge is -2.08. The van der Waals surface area contributed by atoms with Crippen LogP contribution in [0.25, 0.3) is 0 Å². The van der Waals surface area contributed by atoms with Crippen LogP contribution in [0.2, 0.25) is 0 Å². The van der Waals surface area contributed by atoms with Crippen LogP contribution in [0.1, 0.15) is 11.1 Å². The number of aromatic amines is 1. The highest BCUT2D eigenvalue weighted by atomic mass is 35.5. The molecule has 2 heterocycles. The quantitative estimate of drug-likeness (QED) is 0.749. The van der Waals surface area contributed by atoms with Crippen molar-refractivity contribution in [3.63, 3.8) is 0 Å². The molecule has 3 rings (SSSR count). The minimum absolute atomic E-state index is 0. The van der Waals surface area contributed by atoms with Crippen molar-refractivity contribution in [3.05, 3.63) is 41.7 Å². The van der Waals surface area contributed by atoms with Crippen LogP contribution in [-0.2, 0) is 13.1 Å². The lowest BCUT2D eigenvalue weighted by Crippen LogP contribution is -2.01. The van der Waals surface area contributed by atoms with Gasteiger partial charge in [-0.3, -0.25) is 5.10 Å². The summed E-state index contributed by atoms with van der Waals surface area (Å²) in [7, 11) is 0. The molecule has 0 spiro atoms. The summed E-state index contributed by atoms with van der Waals surface area (Å²) in [6, 6.07) is 6.34. The lowest BCUT2D eigenvalue weighted by molar-refractivity contribution is 0.765. The van der Waals surface area contributed by atoms with E-state index in [9.17, 15) is 0 Å². The Labute approximate surface area is 99.9 Å². The molecule has 1 aliphatic rings. The van der Waals surface area contributed by atoms with Crippen LogP contribution in [0.3, 0.4) is 0 Å². The van der Waals surface area contributed by atoms with E-state index < -0.39 is 0 Å². The summed E-state index contributed by atoms with van der Waals surface area (Å²) < 4.78 is 0. The number of anilines is 2. The Balaban J connectivity index is 0.000000963. The van der Waals surface area contributed by atoms with E-state index in [-0.39, 0.29) is 12.4 Å². The molecule has 1 aliphatic heterocycles. The number of hydrogen-bond donors (Lipinski definition) is 3. The Bertz CT molecular complexity index is 467. The van der Waals surface area contributed by atoms with Gasteiger partial charge in [-0.15, -0.1) is 12.4 Å². The van der Waals surface area contributed by atoms with Gasteiger partial charge in [0.2, 0.25) is 0 Å². The van der Waals surface area contributed by atoms with Gasteiger partial charge in [0.1, 0.15) is 0 Å². The van der Waals surface area contributed by atoms with Gasteiger partial charge in [0.05, 0.1) is 11.9 Å². The molecule has 1 aromatic heterocycles. The third kappa shape index (κ3) is 1.89. The first kappa shape index (κ1) is 11.0. The predicted molar refractivity (Wildman–Crippen MR) is 66.1 cm³/mol. The number of nitrogens with one attached hydrogen (secondary N) is 3. The van der Waals surface area contributed by atoms with Gasteiger partial charge in [-0.2, -0.15) is 5.10 Å². The first-order valence-electron chi connectivity index (χ1n) is 5.01. The van der Waals surface area contributed by atoms with E-state index in [4.69, 9.17) is 0 Å². The summed E-state index contributed by atoms with van der Waals surface area (Å²) in [6.45, 7) is 1.91. The fourth-order valence-electron chi connectivity index (χ4n) is 1.92. The number of aromatic nitrogens is 2. The van der Waals surface area contributed by atoms with Gasteiger partial charge >= 0.3 is 0 Å². The molecule has 5 heteroatoms. The van der Waals surface area contributed by atoms with E-state index in [0.717, 1.165) is 18.8 Å². The summed E-state index contributed by atoms with van der Waals surface area (Å²) in [5.74, 6) is 0. The largest absolute Gasteiger partial charge is 0.353 e. The predicted octanol–water partition coefficient (Wildman–Crippen LogP) is 2.18. The van der Waals surface area contributed by atoms with Gasteiger partial charge in [0, 0.05) is 25.0 Å². The maximum absolute atomic E-state index is 3.91. The highest BCUT2D eigenvalue weighted by Crippen LogP contribution is 2.26. The molecule has 0 fully saturated rings. The Hall–Kier alpha value is -1.52. The SMILES string of the molecule is Cl.c1cc2c(c(Nc3cn[nH]c3)c1)CNC2. The van der Waals surface area contributed by atoms with Crippen molar-refractivity contribution in [2.45, 2.75) is 13.1 Å². The summed E-state index contributed by atoms with van der Waals surface area (Å²) in [6.07, 6.45) is 3.63. The van der Waals surface area contributed by atoms with Crippen LogP contribution >= 0.6 is 12.4 Å². The molecule has 0 radical (unpaired) electrons. The van der Waals surface area contributed by atoms with Crippen molar-refractivity contribution in [3.8, 4) is 0 Å². The van der Waals surface area contributed by atoms with Crippen molar-refractivity contribution in [1.29, 1.82) is 0 Å². The average Bonchev–Trinajstić information content (AvgIpc) is 2.87. The molecule has 0 amide bonds. The molecule has 0 atom stereocenters. The van der Waals surface area contributed by atoms with Crippen LogP contribution in [0.15, 0.2) is 30.6 Å². The van der Waals surface area contributed by atoms with E-state index in [0.29, 0.717) is 0 Å². The van der Waals surface area contributed by atoms with Gasteiger partial charge in [-0.1, -0.05) is 12.1 Å². The molecule has 0 saturated carbocycles. The fourth-order valence-corrected chi connectivity index (χ4v) is 1.92. The van der Waals surface area contributed by atoms with Gasteiger partial charge in [0.25, 0.3) is 0 Å². The topological polar surface area (TPSA) is 52.7 Å². The zero-order chi connectivity index (χ0) is 10.1. The zero-order valence-corrected chi connectivity index (χ0v) is 9.47. The molecule has 3 N–H and O–H groups in total. The number of H-pyrrole nitrogens is 1. The first-order chi connectivity index (χ1) is 7.43. The van der Waals surface area contributed by atoms with E-state index in [2.05, 4.69) is 39.0 Å². The van der Waals surface area contributed by atoms with E-state index in [1.165, 1.54) is 16.8 Å². The second kappa shape index (κ2) is 4.55. The number of nitrogens with zero attached hydrogens (tertiary/aromatic N) is 1. The van der Waals surface area contributed by atoms with Crippen molar-refractivity contribution >= 4 is 23.8 Å². The lowest BCUT2D eigenvalue weighted by atomic mass is 10.1. The molecular formula is C11H13ClN4. The monoisotopic (exact) mass is 236 g/mol. The number of benzene rings is 1. The molecule has 0 saturated heterocycles. The van der Waals surface area contributed by atoms with Gasteiger partial charge < -0.3 is 10.6 Å². The van der Waals surface area contributed by atoms with Crippen LogP contribution in [0.5, 0.6) is 0 Å². The maximum Gasteiger partial charge on any atom is 0.0767 e. The van der Waals surface area contributed by atoms with Crippen molar-refractivity contribution in [2.24, 2.45) is 0 Å². The normalized spacial score (nSPS) is 13.0. The average molecular weight is 237 g/mol. The molecule has 2 aromatic rings. The molecule has 16 heavy (non-hydrogen) atoms. The molecule has 0 aliphatic carbocycles. The second-order valence-electron chi connectivity index (χ2n) is 3.66. The van der Waals surface area contributed by atoms with E-state index in [1.807, 2.05) is 6.20 Å². The summed E-state index contributed by atoms with van der Waals surface area (Å²) in [4.78, 5) is 0. The molecule has 84 valence electrons. The Kier molecular flexibility index (Phi) is 3.12. The molecular weight excluding hydrogens is 224 g/mol. The summed E-state index contributed by atoms with van der Waals surface area (Å²) >= 11 is 0. The van der Waals surface area contributed by atoms with Crippen LogP contribution in [0.4, 0.5) is 11.4 Å². The fraction of sp³-hybridized carbons (Fsp3) is 0.182. The minimum atomic E-state index is 0. The van der Waals surface area contributed by atoms with E-state index >= 15 is 0 Å². The van der Waals surface area contributed by atoms with Crippen molar-refractivity contribution < 1.29 is 0 Å². The van der Waals surface area contributed by atoms with Crippen LogP contribution < -0.4 is 10.6 Å². The minimum Gasteiger partial charge on any atom is -0.353 e. The standard InChI is InChI=1S/C11H12N4.ClH/c1-2-8-4-12-7-10(8)11(3-1)15-9-5-13-14-6-9;/h1-3,5-6,12,15H,4,7H2,(H,13,14);1H. The van der Waals surface area contributed by atoms with E-state index in [1.54, 1.807) is 6.20 Å². The number of hydrogen-bond acceptors (Lipinski definition) is 3. The number of halogens is 1. The molecule has 0 bridgehead atoms.